The molecule has 0 spiro atoms. The van der Waals surface area contributed by atoms with Gasteiger partial charge in [-0.1, -0.05) is 13.8 Å². The van der Waals surface area contributed by atoms with Gasteiger partial charge >= 0.3 is 6.18 Å². The highest BCUT2D eigenvalue weighted by Gasteiger charge is 2.35. The summed E-state index contributed by atoms with van der Waals surface area (Å²) < 4.78 is 37.2. The maximum absolute atomic E-state index is 12.4. The quantitative estimate of drug-likeness (QED) is 0.875. The second kappa shape index (κ2) is 5.82. The lowest BCUT2D eigenvalue weighted by Crippen LogP contribution is -2.15. The summed E-state index contributed by atoms with van der Waals surface area (Å²) in [5, 5.41) is 2.28. The SMILES string of the molecule is CNC(CCC(C)C)c1cnc(C(F)(F)F)s1. The smallest absolute Gasteiger partial charge is 0.312 e. The number of hydrogen-bond acceptors (Lipinski definition) is 3. The van der Waals surface area contributed by atoms with Crippen LogP contribution < -0.4 is 5.32 Å². The molecule has 0 radical (unpaired) electrons. The topological polar surface area (TPSA) is 24.9 Å². The van der Waals surface area contributed by atoms with Gasteiger partial charge < -0.3 is 5.32 Å². The first-order chi connectivity index (χ1) is 7.84. The Hall–Kier alpha value is -0.620. The summed E-state index contributed by atoms with van der Waals surface area (Å²) in [4.78, 5) is 4.09. The first-order valence-corrected chi connectivity index (χ1v) is 6.36. The van der Waals surface area contributed by atoms with Crippen LogP contribution in [-0.2, 0) is 6.18 Å². The van der Waals surface area contributed by atoms with Gasteiger partial charge in [-0.25, -0.2) is 4.98 Å². The number of hydrogen-bond donors (Lipinski definition) is 1. The summed E-state index contributed by atoms with van der Waals surface area (Å²) in [6.45, 7) is 4.20. The maximum atomic E-state index is 12.4. The van der Waals surface area contributed by atoms with E-state index in [1.165, 1.54) is 6.20 Å². The molecule has 0 saturated carbocycles. The molecule has 17 heavy (non-hydrogen) atoms. The summed E-state index contributed by atoms with van der Waals surface area (Å²) in [5.41, 5.74) is 0. The lowest BCUT2D eigenvalue weighted by Gasteiger charge is -2.15. The van der Waals surface area contributed by atoms with Gasteiger partial charge in [-0.05, 0) is 25.8 Å². The van der Waals surface area contributed by atoms with E-state index in [4.69, 9.17) is 0 Å². The Labute approximate surface area is 103 Å². The summed E-state index contributed by atoms with van der Waals surface area (Å²) >= 11 is 0.726. The Bertz CT molecular complexity index is 347. The molecule has 0 aliphatic rings. The van der Waals surface area contributed by atoms with E-state index in [9.17, 15) is 13.2 Å². The zero-order valence-corrected chi connectivity index (χ0v) is 11.0. The molecule has 1 atom stereocenters. The average Bonchev–Trinajstić information content (AvgIpc) is 2.67. The summed E-state index contributed by atoms with van der Waals surface area (Å²) in [6, 6.07) is -0.0361. The van der Waals surface area contributed by atoms with Crippen molar-refractivity contribution >= 4 is 11.3 Å². The van der Waals surface area contributed by atoms with Crippen LogP contribution in [-0.4, -0.2) is 12.0 Å². The van der Waals surface area contributed by atoms with E-state index in [0.717, 1.165) is 24.2 Å². The average molecular weight is 266 g/mol. The molecule has 1 N–H and O–H groups in total. The largest absolute Gasteiger partial charge is 0.443 e. The molecule has 0 amide bonds. The van der Waals surface area contributed by atoms with E-state index in [2.05, 4.69) is 24.1 Å². The number of nitrogens with zero attached hydrogens (tertiary/aromatic N) is 1. The predicted molar refractivity (Wildman–Crippen MR) is 63.0 cm³/mol. The molecular weight excluding hydrogens is 249 g/mol. The summed E-state index contributed by atoms with van der Waals surface area (Å²) in [6.07, 6.45) is -1.20. The monoisotopic (exact) mass is 266 g/mol. The third-order valence-electron chi connectivity index (χ3n) is 2.49. The van der Waals surface area contributed by atoms with E-state index < -0.39 is 11.2 Å². The van der Waals surface area contributed by atoms with Gasteiger partial charge in [0, 0.05) is 17.1 Å². The van der Waals surface area contributed by atoms with Crippen molar-refractivity contribution in [3.63, 3.8) is 0 Å². The minimum absolute atomic E-state index is 0.0361. The highest BCUT2D eigenvalue weighted by molar-refractivity contribution is 7.11. The van der Waals surface area contributed by atoms with Crippen LogP contribution in [0.1, 0.15) is 42.6 Å². The minimum Gasteiger partial charge on any atom is -0.312 e. The normalized spacial score (nSPS) is 14.3. The Morgan fingerprint density at radius 3 is 2.41 bits per heavy atom. The van der Waals surface area contributed by atoms with E-state index in [1.807, 2.05) is 0 Å². The Morgan fingerprint density at radius 1 is 1.35 bits per heavy atom. The Kier molecular flexibility index (Phi) is 4.94. The molecule has 98 valence electrons. The predicted octanol–water partition coefficient (Wildman–Crippen LogP) is 3.86. The zero-order chi connectivity index (χ0) is 13.1. The van der Waals surface area contributed by atoms with Crippen LogP contribution in [0.4, 0.5) is 13.2 Å². The van der Waals surface area contributed by atoms with Crippen LogP contribution in [0.25, 0.3) is 0 Å². The number of nitrogens with one attached hydrogen (secondary N) is 1. The first-order valence-electron chi connectivity index (χ1n) is 5.54. The van der Waals surface area contributed by atoms with Gasteiger partial charge in [-0.15, -0.1) is 11.3 Å². The Morgan fingerprint density at radius 2 is 2.00 bits per heavy atom. The lowest BCUT2D eigenvalue weighted by molar-refractivity contribution is -0.137. The first kappa shape index (κ1) is 14.4. The van der Waals surface area contributed by atoms with Crippen molar-refractivity contribution in [3.05, 3.63) is 16.1 Å². The molecule has 0 bridgehead atoms. The molecule has 0 aliphatic carbocycles. The standard InChI is InChI=1S/C11H17F3N2S/c1-7(2)4-5-8(15-3)9-6-16-10(17-9)11(12,13)14/h6-8,15H,4-5H2,1-3H3. The third kappa shape index (κ3) is 4.27. The van der Waals surface area contributed by atoms with Gasteiger partial charge in [-0.3, -0.25) is 0 Å². The second-order valence-electron chi connectivity index (χ2n) is 4.38. The van der Waals surface area contributed by atoms with Crippen molar-refractivity contribution in [2.24, 2.45) is 5.92 Å². The van der Waals surface area contributed by atoms with Crippen LogP contribution in [0.3, 0.4) is 0 Å². The van der Waals surface area contributed by atoms with Gasteiger partial charge in [0.25, 0.3) is 0 Å². The highest BCUT2D eigenvalue weighted by atomic mass is 32.1. The highest BCUT2D eigenvalue weighted by Crippen LogP contribution is 2.35. The molecule has 1 unspecified atom stereocenters. The van der Waals surface area contributed by atoms with Crippen molar-refractivity contribution in [1.82, 2.24) is 10.3 Å². The molecule has 2 nitrogen and oxygen atoms in total. The molecule has 0 aromatic carbocycles. The number of halogens is 3. The molecule has 6 heteroatoms. The number of aromatic nitrogens is 1. The van der Waals surface area contributed by atoms with Crippen LogP contribution in [0, 0.1) is 5.92 Å². The van der Waals surface area contributed by atoms with Crippen LogP contribution in [0.5, 0.6) is 0 Å². The van der Waals surface area contributed by atoms with E-state index in [0.29, 0.717) is 10.8 Å². The van der Waals surface area contributed by atoms with Crippen LogP contribution in [0.2, 0.25) is 0 Å². The summed E-state index contributed by atoms with van der Waals surface area (Å²) in [5.74, 6) is 0.542. The molecule has 1 heterocycles. The Balaban J connectivity index is 2.72. The van der Waals surface area contributed by atoms with Gasteiger partial charge in [0.15, 0.2) is 5.01 Å². The summed E-state index contributed by atoms with van der Waals surface area (Å²) in [7, 11) is 1.76. The van der Waals surface area contributed by atoms with Crippen molar-refractivity contribution in [1.29, 1.82) is 0 Å². The number of thiazole rings is 1. The van der Waals surface area contributed by atoms with E-state index in [1.54, 1.807) is 7.05 Å². The lowest BCUT2D eigenvalue weighted by atomic mass is 10.0. The van der Waals surface area contributed by atoms with Crippen molar-refractivity contribution in [3.8, 4) is 0 Å². The fourth-order valence-electron chi connectivity index (χ4n) is 1.51. The number of alkyl halides is 3. The maximum Gasteiger partial charge on any atom is 0.443 e. The van der Waals surface area contributed by atoms with Gasteiger partial charge in [0.1, 0.15) is 0 Å². The third-order valence-corrected chi connectivity index (χ3v) is 3.65. The van der Waals surface area contributed by atoms with Gasteiger partial charge in [0.05, 0.1) is 0 Å². The molecule has 1 aromatic rings. The number of rotatable bonds is 5. The van der Waals surface area contributed by atoms with Gasteiger partial charge in [-0.2, -0.15) is 13.2 Å². The minimum atomic E-state index is -4.33. The second-order valence-corrected chi connectivity index (χ2v) is 5.44. The molecular formula is C11H17F3N2S. The molecule has 1 rings (SSSR count). The zero-order valence-electron chi connectivity index (χ0n) is 10.1. The molecule has 0 aliphatic heterocycles. The molecule has 0 fully saturated rings. The van der Waals surface area contributed by atoms with Gasteiger partial charge in [0.2, 0.25) is 0 Å². The van der Waals surface area contributed by atoms with Crippen molar-refractivity contribution in [2.45, 2.75) is 38.9 Å². The fourth-order valence-corrected chi connectivity index (χ4v) is 2.44. The van der Waals surface area contributed by atoms with Crippen molar-refractivity contribution in [2.75, 3.05) is 7.05 Å². The van der Waals surface area contributed by atoms with Crippen LogP contribution >= 0.6 is 11.3 Å². The molecule has 1 aromatic heterocycles. The van der Waals surface area contributed by atoms with Crippen molar-refractivity contribution < 1.29 is 13.2 Å². The fraction of sp³-hybridized carbons (Fsp3) is 0.727. The van der Waals surface area contributed by atoms with Crippen LogP contribution in [0.15, 0.2) is 6.20 Å². The van der Waals surface area contributed by atoms with E-state index in [-0.39, 0.29) is 6.04 Å². The molecule has 0 saturated heterocycles. The van der Waals surface area contributed by atoms with E-state index >= 15 is 0 Å².